The average molecular weight is 440 g/mol. The molecule has 5 rings (SSSR count). The molecule has 3 aliphatic rings. The van der Waals surface area contributed by atoms with Gasteiger partial charge in [0.15, 0.2) is 15.6 Å². The van der Waals surface area contributed by atoms with E-state index in [0.717, 1.165) is 11.1 Å². The lowest BCUT2D eigenvalue weighted by Gasteiger charge is -2.33. The van der Waals surface area contributed by atoms with Crippen LogP contribution in [0.4, 0.5) is 0 Å². The number of rotatable bonds is 3. The van der Waals surface area contributed by atoms with Crippen molar-refractivity contribution in [2.75, 3.05) is 18.2 Å². The van der Waals surface area contributed by atoms with Gasteiger partial charge in [-0.25, -0.2) is 8.42 Å². The fraction of sp³-hybridized carbons (Fsp3) is 0.375. The summed E-state index contributed by atoms with van der Waals surface area (Å²) < 4.78 is 35.7. The smallest absolute Gasteiger partial charge is 0.231 e. The van der Waals surface area contributed by atoms with Crippen molar-refractivity contribution in [3.63, 3.8) is 0 Å². The number of ether oxygens (including phenoxy) is 2. The first-order valence-corrected chi connectivity index (χ1v) is 12.4. The van der Waals surface area contributed by atoms with Gasteiger partial charge in [0.1, 0.15) is 18.2 Å². The summed E-state index contributed by atoms with van der Waals surface area (Å²) in [7, 11) is -2.99. The second kappa shape index (κ2) is 7.50. The third kappa shape index (κ3) is 3.77. The quantitative estimate of drug-likeness (QED) is 0.678. The number of Topliss-reactive ketones (excluding diaryl/α,β-unsaturated/α-hetero) is 1. The lowest BCUT2D eigenvalue weighted by molar-refractivity contribution is 0.0634. The zero-order valence-corrected chi connectivity index (χ0v) is 18.4. The van der Waals surface area contributed by atoms with E-state index in [4.69, 9.17) is 9.47 Å². The number of nitrogens with zero attached hydrogens (tertiary/aromatic N) is 1. The highest BCUT2D eigenvalue weighted by molar-refractivity contribution is 7.91. The van der Waals surface area contributed by atoms with Gasteiger partial charge in [-0.05, 0) is 41.7 Å². The summed E-state index contributed by atoms with van der Waals surface area (Å²) in [5.41, 5.74) is 3.47. The van der Waals surface area contributed by atoms with E-state index >= 15 is 0 Å². The van der Waals surface area contributed by atoms with Gasteiger partial charge in [0.25, 0.3) is 0 Å². The summed E-state index contributed by atoms with van der Waals surface area (Å²) in [6, 6.07) is 11.6. The van der Waals surface area contributed by atoms with Crippen molar-refractivity contribution in [1.29, 1.82) is 0 Å². The molecule has 2 aromatic carbocycles. The largest absolute Gasteiger partial charge is 0.478 e. The Morgan fingerprint density at radius 3 is 2.58 bits per heavy atom. The van der Waals surface area contributed by atoms with Crippen LogP contribution in [0.15, 0.2) is 42.2 Å². The summed E-state index contributed by atoms with van der Waals surface area (Å²) in [5, 5.41) is 0. The summed E-state index contributed by atoms with van der Waals surface area (Å²) in [4.78, 5) is 15.0. The standard InChI is InChI=1S/C24H25NO5S/c1-15(2)17-5-3-16(4-6-17)11-22-23(26)19-7-8-21-20(24(19)30-22)12-25(14-29-21)18-9-10-31(27,28)13-18/h3-8,11,15,18H,9-10,12-14H2,1-2H3/t18-/m1/s1. The van der Waals surface area contributed by atoms with E-state index in [1.807, 2.05) is 17.0 Å². The Bertz CT molecular complexity index is 1180. The van der Waals surface area contributed by atoms with E-state index in [9.17, 15) is 13.2 Å². The molecule has 0 N–H and O–H groups in total. The summed E-state index contributed by atoms with van der Waals surface area (Å²) in [6.45, 7) is 5.12. The molecule has 0 saturated carbocycles. The summed E-state index contributed by atoms with van der Waals surface area (Å²) in [5.74, 6) is 2.17. The normalized spacial score (nSPS) is 23.5. The first-order valence-electron chi connectivity index (χ1n) is 10.6. The van der Waals surface area contributed by atoms with Gasteiger partial charge in [0.05, 0.1) is 22.6 Å². The number of hydrogen-bond donors (Lipinski definition) is 0. The molecule has 3 aliphatic heterocycles. The van der Waals surface area contributed by atoms with Crippen LogP contribution in [0.3, 0.4) is 0 Å². The minimum absolute atomic E-state index is 0.0689. The predicted octanol–water partition coefficient (Wildman–Crippen LogP) is 3.77. The maximum Gasteiger partial charge on any atom is 0.231 e. The van der Waals surface area contributed by atoms with Crippen LogP contribution in [0.5, 0.6) is 11.5 Å². The van der Waals surface area contributed by atoms with Gasteiger partial charge < -0.3 is 9.47 Å². The van der Waals surface area contributed by atoms with Crippen LogP contribution in [0.1, 0.15) is 53.2 Å². The van der Waals surface area contributed by atoms with Crippen LogP contribution in [0, 0.1) is 0 Å². The zero-order chi connectivity index (χ0) is 21.8. The second-order valence-corrected chi connectivity index (χ2v) is 11.0. The van der Waals surface area contributed by atoms with Crippen LogP contribution in [-0.2, 0) is 16.4 Å². The Balaban J connectivity index is 1.42. The molecule has 7 heteroatoms. The molecule has 1 fully saturated rings. The molecule has 31 heavy (non-hydrogen) atoms. The van der Waals surface area contributed by atoms with E-state index in [-0.39, 0.29) is 23.3 Å². The van der Waals surface area contributed by atoms with Crippen molar-refractivity contribution in [2.45, 2.75) is 38.8 Å². The molecule has 2 aromatic rings. The number of carbonyl (C=O) groups is 1. The Kier molecular flexibility index (Phi) is 4.90. The first-order chi connectivity index (χ1) is 14.8. The topological polar surface area (TPSA) is 72.9 Å². The molecule has 0 unspecified atom stereocenters. The van der Waals surface area contributed by atoms with Crippen molar-refractivity contribution in [1.82, 2.24) is 4.90 Å². The SMILES string of the molecule is CC(C)c1ccc(C=C2Oc3c(ccc4c3CN([C@@H]3CCS(=O)(=O)C3)CO4)C2=O)cc1. The Morgan fingerprint density at radius 2 is 1.90 bits per heavy atom. The van der Waals surface area contributed by atoms with Gasteiger partial charge in [-0.1, -0.05) is 38.1 Å². The summed E-state index contributed by atoms with van der Waals surface area (Å²) >= 11 is 0. The van der Waals surface area contributed by atoms with Crippen molar-refractivity contribution in [2.24, 2.45) is 0 Å². The molecular formula is C24H25NO5S. The maximum absolute atomic E-state index is 13.0. The average Bonchev–Trinajstić information content (AvgIpc) is 3.27. The molecule has 1 saturated heterocycles. The molecule has 0 amide bonds. The second-order valence-electron chi connectivity index (χ2n) is 8.76. The Hall–Kier alpha value is -2.64. The third-order valence-electron chi connectivity index (χ3n) is 6.27. The van der Waals surface area contributed by atoms with Gasteiger partial charge >= 0.3 is 0 Å². The molecular weight excluding hydrogens is 414 g/mol. The Morgan fingerprint density at radius 1 is 1.13 bits per heavy atom. The predicted molar refractivity (Wildman–Crippen MR) is 118 cm³/mol. The third-order valence-corrected chi connectivity index (χ3v) is 8.02. The van der Waals surface area contributed by atoms with Crippen LogP contribution < -0.4 is 9.47 Å². The van der Waals surface area contributed by atoms with Crippen molar-refractivity contribution >= 4 is 21.7 Å². The molecule has 0 aromatic heterocycles. The molecule has 6 nitrogen and oxygen atoms in total. The summed E-state index contributed by atoms with van der Waals surface area (Å²) in [6.07, 6.45) is 2.37. The van der Waals surface area contributed by atoms with E-state index in [1.54, 1.807) is 18.2 Å². The number of allylic oxidation sites excluding steroid dienone is 1. The van der Waals surface area contributed by atoms with Crippen LogP contribution >= 0.6 is 0 Å². The zero-order valence-electron chi connectivity index (χ0n) is 17.6. The molecule has 0 radical (unpaired) electrons. The van der Waals surface area contributed by atoms with Crippen LogP contribution in [0.25, 0.3) is 6.08 Å². The molecule has 0 bridgehead atoms. The number of carbonyl (C=O) groups excluding carboxylic acids is 1. The molecule has 0 aliphatic carbocycles. The van der Waals surface area contributed by atoms with Gasteiger partial charge in [-0.3, -0.25) is 9.69 Å². The van der Waals surface area contributed by atoms with E-state index in [0.29, 0.717) is 48.4 Å². The monoisotopic (exact) mass is 439 g/mol. The van der Waals surface area contributed by atoms with E-state index in [2.05, 4.69) is 26.0 Å². The highest BCUT2D eigenvalue weighted by atomic mass is 32.2. The van der Waals surface area contributed by atoms with Crippen molar-refractivity contribution in [3.05, 3.63) is 64.4 Å². The van der Waals surface area contributed by atoms with Crippen molar-refractivity contribution < 1.29 is 22.7 Å². The molecule has 3 heterocycles. The van der Waals surface area contributed by atoms with E-state index < -0.39 is 9.84 Å². The minimum Gasteiger partial charge on any atom is -0.478 e. The number of benzene rings is 2. The minimum atomic E-state index is -2.99. The van der Waals surface area contributed by atoms with Gasteiger partial charge in [0.2, 0.25) is 5.78 Å². The lowest BCUT2D eigenvalue weighted by Crippen LogP contribution is -2.41. The van der Waals surface area contributed by atoms with Gasteiger partial charge in [-0.2, -0.15) is 0 Å². The molecule has 0 spiro atoms. The Labute approximate surface area is 182 Å². The van der Waals surface area contributed by atoms with E-state index in [1.165, 1.54) is 5.56 Å². The molecule has 1 atom stereocenters. The number of hydrogen-bond acceptors (Lipinski definition) is 6. The highest BCUT2D eigenvalue weighted by Gasteiger charge is 2.38. The molecule has 162 valence electrons. The number of ketones is 1. The number of sulfone groups is 1. The van der Waals surface area contributed by atoms with Crippen molar-refractivity contribution in [3.8, 4) is 11.5 Å². The fourth-order valence-electron chi connectivity index (χ4n) is 4.40. The fourth-order valence-corrected chi connectivity index (χ4v) is 6.16. The van der Waals surface area contributed by atoms with Crippen LogP contribution in [0.2, 0.25) is 0 Å². The van der Waals surface area contributed by atoms with Gasteiger partial charge in [0, 0.05) is 12.6 Å². The first kappa shape index (κ1) is 20.3. The highest BCUT2D eigenvalue weighted by Crippen LogP contribution is 2.42. The maximum atomic E-state index is 13.0. The lowest BCUT2D eigenvalue weighted by atomic mass is 10.0. The number of fused-ring (bicyclic) bond motifs is 3. The van der Waals surface area contributed by atoms with Gasteiger partial charge in [-0.15, -0.1) is 0 Å². The van der Waals surface area contributed by atoms with Crippen LogP contribution in [-0.4, -0.2) is 43.4 Å².